The zero-order chi connectivity index (χ0) is 16.8. The van der Waals surface area contributed by atoms with Gasteiger partial charge in [0.25, 0.3) is 0 Å². The predicted molar refractivity (Wildman–Crippen MR) is 88.6 cm³/mol. The van der Waals surface area contributed by atoms with Crippen LogP contribution in [-0.2, 0) is 22.6 Å². The van der Waals surface area contributed by atoms with Crippen LogP contribution in [0.3, 0.4) is 0 Å². The van der Waals surface area contributed by atoms with Crippen molar-refractivity contribution in [1.82, 2.24) is 0 Å². The fraction of sp³-hybridized carbons (Fsp3) is 0.786. The number of carbonyl (C=O) groups is 1. The van der Waals surface area contributed by atoms with Crippen LogP contribution in [0.5, 0.6) is 0 Å². The van der Waals surface area contributed by atoms with Crippen LogP contribution in [0.4, 0.5) is 0 Å². The van der Waals surface area contributed by atoms with E-state index in [9.17, 15) is 9.36 Å². The SMILES string of the molecule is C=C(C)C(=O)OCCCCCCCCCCOP(=O)(O)OS. The van der Waals surface area contributed by atoms with Gasteiger partial charge in [0.1, 0.15) is 0 Å². The molecular weight excluding hydrogens is 327 g/mol. The topological polar surface area (TPSA) is 82.1 Å². The zero-order valence-corrected chi connectivity index (χ0v) is 14.9. The number of hydrogen-bond acceptors (Lipinski definition) is 6. The number of phosphoric ester groups is 1. The Morgan fingerprint density at radius 2 is 1.50 bits per heavy atom. The maximum absolute atomic E-state index is 11.1. The summed E-state index contributed by atoms with van der Waals surface area (Å²) in [6, 6.07) is 0. The van der Waals surface area contributed by atoms with E-state index in [2.05, 4.69) is 28.0 Å². The molecule has 130 valence electrons. The average molecular weight is 354 g/mol. The van der Waals surface area contributed by atoms with Crippen LogP contribution < -0.4 is 0 Å². The summed E-state index contributed by atoms with van der Waals surface area (Å²) in [5.74, 6) is -0.321. The number of carbonyl (C=O) groups excluding carboxylic acids is 1. The maximum Gasteiger partial charge on any atom is 0.483 e. The van der Waals surface area contributed by atoms with Gasteiger partial charge in [0.05, 0.1) is 13.2 Å². The van der Waals surface area contributed by atoms with E-state index in [1.54, 1.807) is 6.92 Å². The van der Waals surface area contributed by atoms with E-state index < -0.39 is 7.82 Å². The quantitative estimate of drug-likeness (QED) is 0.121. The molecule has 0 saturated carbocycles. The van der Waals surface area contributed by atoms with E-state index in [0.29, 0.717) is 12.2 Å². The first-order valence-electron chi connectivity index (χ1n) is 7.52. The summed E-state index contributed by atoms with van der Waals surface area (Å²) < 4.78 is 24.6. The van der Waals surface area contributed by atoms with Crippen molar-refractivity contribution in [3.8, 4) is 0 Å². The first-order chi connectivity index (χ1) is 10.4. The fourth-order valence-corrected chi connectivity index (χ4v) is 2.30. The van der Waals surface area contributed by atoms with Gasteiger partial charge in [0.2, 0.25) is 0 Å². The molecule has 8 heteroatoms. The second-order valence-corrected chi connectivity index (χ2v) is 6.98. The van der Waals surface area contributed by atoms with Gasteiger partial charge < -0.3 is 9.63 Å². The standard InChI is InChI=1S/C14H27O6PS/c1-13(2)14(15)18-11-9-7-5-3-4-6-8-10-12-19-21(16,17)20-22/h22H,1,3-12H2,2H3,(H,16,17). The Bertz CT molecular complexity index is 374. The van der Waals surface area contributed by atoms with Crippen LogP contribution in [0.2, 0.25) is 0 Å². The number of hydrogen-bond donors (Lipinski definition) is 2. The van der Waals surface area contributed by atoms with Crippen LogP contribution in [0.15, 0.2) is 12.2 Å². The molecule has 0 aromatic carbocycles. The van der Waals surface area contributed by atoms with Crippen LogP contribution in [0, 0.1) is 0 Å². The summed E-state index contributed by atoms with van der Waals surface area (Å²) in [4.78, 5) is 20.0. The van der Waals surface area contributed by atoms with Gasteiger partial charge in [0.15, 0.2) is 0 Å². The Hall–Kier alpha value is -0.330. The van der Waals surface area contributed by atoms with E-state index in [4.69, 9.17) is 9.63 Å². The smallest absolute Gasteiger partial charge is 0.462 e. The lowest BCUT2D eigenvalue weighted by Crippen LogP contribution is -2.05. The lowest BCUT2D eigenvalue weighted by atomic mass is 10.1. The number of rotatable bonds is 14. The number of esters is 1. The van der Waals surface area contributed by atoms with Crippen molar-refractivity contribution in [2.24, 2.45) is 0 Å². The molecule has 0 radical (unpaired) electrons. The van der Waals surface area contributed by atoms with Crippen LogP contribution in [-0.4, -0.2) is 24.1 Å². The van der Waals surface area contributed by atoms with E-state index in [0.717, 1.165) is 51.4 Å². The van der Waals surface area contributed by atoms with Crippen molar-refractivity contribution in [3.63, 3.8) is 0 Å². The second kappa shape index (κ2) is 13.1. The van der Waals surface area contributed by atoms with Crippen molar-refractivity contribution in [1.29, 1.82) is 0 Å². The number of unbranched alkanes of at least 4 members (excludes halogenated alkanes) is 7. The van der Waals surface area contributed by atoms with Gasteiger partial charge in [0, 0.05) is 5.57 Å². The first-order valence-corrected chi connectivity index (χ1v) is 9.38. The Labute approximate surface area is 138 Å². The molecule has 22 heavy (non-hydrogen) atoms. The van der Waals surface area contributed by atoms with Gasteiger partial charge >= 0.3 is 13.8 Å². The third-order valence-electron chi connectivity index (χ3n) is 2.98. The molecule has 1 atom stereocenters. The van der Waals surface area contributed by atoms with Crippen molar-refractivity contribution >= 4 is 26.7 Å². The Kier molecular flexibility index (Phi) is 12.9. The summed E-state index contributed by atoms with van der Waals surface area (Å²) in [7, 11) is -3.94. The van der Waals surface area contributed by atoms with E-state index in [1.807, 2.05) is 0 Å². The third kappa shape index (κ3) is 13.3. The zero-order valence-electron chi connectivity index (χ0n) is 13.2. The van der Waals surface area contributed by atoms with Crippen molar-refractivity contribution < 1.29 is 27.5 Å². The van der Waals surface area contributed by atoms with Gasteiger partial charge in [-0.05, 0) is 32.7 Å². The Balaban J connectivity index is 3.23. The van der Waals surface area contributed by atoms with Gasteiger partial charge in [-0.25, -0.2) is 13.3 Å². The average Bonchev–Trinajstić information content (AvgIpc) is 2.47. The minimum absolute atomic E-state index is 0.197. The summed E-state index contributed by atoms with van der Waals surface area (Å²) in [6.45, 7) is 5.81. The molecule has 6 nitrogen and oxygen atoms in total. The normalized spacial score (nSPS) is 13.6. The second-order valence-electron chi connectivity index (χ2n) is 5.13. The molecule has 0 aliphatic rings. The molecule has 0 amide bonds. The molecule has 0 saturated heterocycles. The van der Waals surface area contributed by atoms with Gasteiger partial charge in [-0.1, -0.05) is 45.1 Å². The van der Waals surface area contributed by atoms with Crippen molar-refractivity contribution in [2.45, 2.75) is 58.3 Å². The highest BCUT2D eigenvalue weighted by Gasteiger charge is 2.18. The van der Waals surface area contributed by atoms with E-state index in [1.165, 1.54) is 0 Å². The molecule has 0 aliphatic carbocycles. The van der Waals surface area contributed by atoms with Crippen molar-refractivity contribution in [2.75, 3.05) is 13.2 Å². The summed E-state index contributed by atoms with van der Waals surface area (Å²) in [5, 5.41) is 0. The van der Waals surface area contributed by atoms with E-state index in [-0.39, 0.29) is 12.6 Å². The maximum atomic E-state index is 11.1. The predicted octanol–water partition coefficient (Wildman–Crippen LogP) is 4.20. The summed E-state index contributed by atoms with van der Waals surface area (Å²) in [6.07, 6.45) is 8.01. The lowest BCUT2D eigenvalue weighted by Gasteiger charge is -2.07. The highest BCUT2D eigenvalue weighted by Crippen LogP contribution is 2.44. The third-order valence-corrected chi connectivity index (χ3v) is 4.31. The minimum atomic E-state index is -3.94. The number of ether oxygens (including phenoxy) is 1. The molecule has 0 spiro atoms. The van der Waals surface area contributed by atoms with Gasteiger partial charge in [-0.3, -0.25) is 4.52 Å². The molecule has 0 bridgehead atoms. The highest BCUT2D eigenvalue weighted by atomic mass is 32.1. The molecule has 0 rings (SSSR count). The molecule has 1 N–H and O–H groups in total. The highest BCUT2D eigenvalue weighted by molar-refractivity contribution is 7.80. The Morgan fingerprint density at radius 1 is 1.05 bits per heavy atom. The van der Waals surface area contributed by atoms with Crippen molar-refractivity contribution in [3.05, 3.63) is 12.2 Å². The van der Waals surface area contributed by atoms with E-state index >= 15 is 0 Å². The fourth-order valence-electron chi connectivity index (χ4n) is 1.76. The van der Waals surface area contributed by atoms with Gasteiger partial charge in [-0.15, -0.1) is 0 Å². The number of thiol groups is 1. The van der Waals surface area contributed by atoms with Crippen LogP contribution in [0.1, 0.15) is 58.3 Å². The molecule has 0 aromatic heterocycles. The molecule has 0 fully saturated rings. The molecule has 0 aromatic rings. The molecular formula is C14H27O6PS. The van der Waals surface area contributed by atoms with Gasteiger partial charge in [-0.2, -0.15) is 0 Å². The van der Waals surface area contributed by atoms with Crippen LogP contribution >= 0.6 is 20.7 Å². The monoisotopic (exact) mass is 354 g/mol. The summed E-state index contributed by atoms with van der Waals surface area (Å²) >= 11 is 3.26. The molecule has 1 unspecified atom stereocenters. The summed E-state index contributed by atoms with van der Waals surface area (Å²) in [5.41, 5.74) is 0.433. The largest absolute Gasteiger partial charge is 0.483 e. The molecule has 0 heterocycles. The lowest BCUT2D eigenvalue weighted by molar-refractivity contribution is -0.139. The first kappa shape index (κ1) is 21.7. The minimum Gasteiger partial charge on any atom is -0.462 e. The number of phosphoric acid groups is 1. The van der Waals surface area contributed by atoms with Crippen LogP contribution in [0.25, 0.3) is 0 Å². The molecule has 0 aliphatic heterocycles. The Morgan fingerprint density at radius 3 is 1.95 bits per heavy atom.